The minimum Gasteiger partial charge on any atom is -0.350 e. The number of carbonyl (C=O) groups is 2. The van der Waals surface area contributed by atoms with Crippen molar-refractivity contribution in [1.29, 1.82) is 0 Å². The molecule has 3 N–H and O–H groups in total. The molecule has 0 saturated carbocycles. The van der Waals surface area contributed by atoms with E-state index in [9.17, 15) is 9.59 Å². The Hall–Kier alpha value is -1.52. The van der Waals surface area contributed by atoms with Crippen LogP contribution in [0, 0.1) is 0 Å². The monoisotopic (exact) mass is 171 g/mol. The Balaban J connectivity index is 4.11. The smallest absolute Gasteiger partial charge is 0.333 e. The van der Waals surface area contributed by atoms with Gasteiger partial charge in [-0.05, 0) is 13.8 Å². The molecule has 0 aliphatic carbocycles. The van der Waals surface area contributed by atoms with Crippen molar-refractivity contribution in [3.63, 3.8) is 0 Å². The van der Waals surface area contributed by atoms with E-state index in [0.29, 0.717) is 5.57 Å². The van der Waals surface area contributed by atoms with Crippen LogP contribution >= 0.6 is 0 Å². The second-order valence-electron chi connectivity index (χ2n) is 2.31. The Labute approximate surface area is 71.2 Å². The van der Waals surface area contributed by atoms with Crippen LogP contribution < -0.4 is 11.2 Å². The lowest BCUT2D eigenvalue weighted by Crippen LogP contribution is -2.46. The molecule has 3 amide bonds. The molecule has 0 rings (SSSR count). The normalized spacial score (nSPS) is 10.8. The summed E-state index contributed by atoms with van der Waals surface area (Å²) in [7, 11) is 1.38. The SMILES string of the molecule is C/C=C(/C)C(=O)NN(C)C(N)=O. The molecule has 0 aromatic carbocycles. The summed E-state index contributed by atoms with van der Waals surface area (Å²) in [6.45, 7) is 3.38. The molecule has 0 spiro atoms. The van der Waals surface area contributed by atoms with Crippen molar-refractivity contribution in [3.05, 3.63) is 11.6 Å². The maximum Gasteiger partial charge on any atom is 0.333 e. The third-order valence-corrected chi connectivity index (χ3v) is 1.39. The van der Waals surface area contributed by atoms with Crippen LogP contribution in [-0.2, 0) is 4.79 Å². The number of rotatable bonds is 1. The molecule has 0 unspecified atom stereocenters. The number of allylic oxidation sites excluding steroid dienone is 1. The number of carbonyl (C=O) groups excluding carboxylic acids is 2. The van der Waals surface area contributed by atoms with Gasteiger partial charge in [-0.2, -0.15) is 0 Å². The van der Waals surface area contributed by atoms with E-state index in [2.05, 4.69) is 5.43 Å². The van der Waals surface area contributed by atoms with Crippen molar-refractivity contribution >= 4 is 11.9 Å². The Morgan fingerprint density at radius 3 is 2.33 bits per heavy atom. The zero-order chi connectivity index (χ0) is 9.72. The number of hydrogen-bond acceptors (Lipinski definition) is 2. The Morgan fingerprint density at radius 2 is 2.00 bits per heavy atom. The van der Waals surface area contributed by atoms with Gasteiger partial charge in [0, 0.05) is 12.6 Å². The molecule has 0 aliphatic rings. The molecule has 0 radical (unpaired) electrons. The molecular formula is C7H13N3O2. The van der Waals surface area contributed by atoms with Gasteiger partial charge >= 0.3 is 6.03 Å². The van der Waals surface area contributed by atoms with Gasteiger partial charge in [0.1, 0.15) is 0 Å². The van der Waals surface area contributed by atoms with E-state index in [1.54, 1.807) is 19.9 Å². The zero-order valence-electron chi connectivity index (χ0n) is 7.42. The summed E-state index contributed by atoms with van der Waals surface area (Å²) in [6, 6.07) is -0.702. The van der Waals surface area contributed by atoms with E-state index in [1.807, 2.05) is 0 Å². The molecule has 0 heterocycles. The first-order valence-electron chi connectivity index (χ1n) is 3.46. The predicted molar refractivity (Wildman–Crippen MR) is 44.9 cm³/mol. The standard InChI is InChI=1S/C7H13N3O2/c1-4-5(2)6(11)9-10(3)7(8)12/h4H,1-3H3,(H2,8,12)(H,9,11)/b5-4-. The van der Waals surface area contributed by atoms with E-state index in [4.69, 9.17) is 5.73 Å². The zero-order valence-corrected chi connectivity index (χ0v) is 7.42. The first-order chi connectivity index (χ1) is 5.49. The largest absolute Gasteiger partial charge is 0.350 e. The van der Waals surface area contributed by atoms with E-state index in [0.717, 1.165) is 5.01 Å². The van der Waals surface area contributed by atoms with Crippen molar-refractivity contribution in [2.45, 2.75) is 13.8 Å². The minimum atomic E-state index is -0.702. The fourth-order valence-corrected chi connectivity index (χ4v) is 0.427. The number of primary amides is 1. The van der Waals surface area contributed by atoms with E-state index < -0.39 is 6.03 Å². The lowest BCUT2D eigenvalue weighted by Gasteiger charge is -2.15. The summed E-state index contributed by atoms with van der Waals surface area (Å²) in [5, 5.41) is 0.926. The van der Waals surface area contributed by atoms with Crippen molar-refractivity contribution in [1.82, 2.24) is 10.4 Å². The van der Waals surface area contributed by atoms with Crippen molar-refractivity contribution in [3.8, 4) is 0 Å². The maximum absolute atomic E-state index is 11.1. The number of urea groups is 1. The predicted octanol–water partition coefficient (Wildman–Crippen LogP) is -0.00570. The molecular weight excluding hydrogens is 158 g/mol. The van der Waals surface area contributed by atoms with Crippen LogP contribution in [0.15, 0.2) is 11.6 Å². The average Bonchev–Trinajstić information content (AvgIpc) is 2.02. The number of hydrazine groups is 1. The molecule has 0 aromatic rings. The highest BCUT2D eigenvalue weighted by Crippen LogP contribution is 1.91. The molecule has 0 saturated heterocycles. The number of nitrogens with two attached hydrogens (primary N) is 1. The molecule has 5 nitrogen and oxygen atoms in total. The number of nitrogens with one attached hydrogen (secondary N) is 1. The van der Waals surface area contributed by atoms with Gasteiger partial charge in [-0.3, -0.25) is 10.2 Å². The van der Waals surface area contributed by atoms with E-state index in [1.165, 1.54) is 7.05 Å². The summed E-state index contributed by atoms with van der Waals surface area (Å²) in [4.78, 5) is 21.5. The van der Waals surface area contributed by atoms with Crippen LogP contribution in [0.1, 0.15) is 13.8 Å². The summed E-state index contributed by atoms with van der Waals surface area (Å²) in [5.41, 5.74) is 7.69. The molecule has 68 valence electrons. The second kappa shape index (κ2) is 4.38. The number of nitrogens with zero attached hydrogens (tertiary/aromatic N) is 1. The van der Waals surface area contributed by atoms with Crippen LogP contribution in [0.25, 0.3) is 0 Å². The Morgan fingerprint density at radius 1 is 1.50 bits per heavy atom. The van der Waals surface area contributed by atoms with Gasteiger partial charge in [0.2, 0.25) is 0 Å². The summed E-state index contributed by atoms with van der Waals surface area (Å²) in [5.74, 6) is -0.334. The third kappa shape index (κ3) is 3.05. The molecule has 0 aliphatic heterocycles. The molecule has 0 atom stereocenters. The molecule has 0 aromatic heterocycles. The Kier molecular flexibility index (Phi) is 3.82. The lowest BCUT2D eigenvalue weighted by atomic mass is 10.3. The van der Waals surface area contributed by atoms with Crippen molar-refractivity contribution < 1.29 is 9.59 Å². The Bertz CT molecular complexity index is 223. The van der Waals surface area contributed by atoms with Crippen LogP contribution in [0.4, 0.5) is 4.79 Å². The van der Waals surface area contributed by atoms with Crippen LogP contribution in [0.3, 0.4) is 0 Å². The molecule has 5 heteroatoms. The lowest BCUT2D eigenvalue weighted by molar-refractivity contribution is -0.120. The van der Waals surface area contributed by atoms with Gasteiger partial charge < -0.3 is 5.73 Å². The van der Waals surface area contributed by atoms with E-state index >= 15 is 0 Å². The van der Waals surface area contributed by atoms with Gasteiger partial charge in [-0.15, -0.1) is 0 Å². The van der Waals surface area contributed by atoms with Crippen LogP contribution in [0.2, 0.25) is 0 Å². The molecule has 0 bridgehead atoms. The summed E-state index contributed by atoms with van der Waals surface area (Å²) in [6.07, 6.45) is 1.64. The van der Waals surface area contributed by atoms with Gasteiger partial charge in [-0.1, -0.05) is 6.08 Å². The summed E-state index contributed by atoms with van der Waals surface area (Å²) < 4.78 is 0. The fraction of sp³-hybridized carbons (Fsp3) is 0.429. The van der Waals surface area contributed by atoms with Crippen LogP contribution in [-0.4, -0.2) is 24.0 Å². The van der Waals surface area contributed by atoms with Gasteiger partial charge in [0.15, 0.2) is 0 Å². The highest BCUT2D eigenvalue weighted by molar-refractivity contribution is 5.93. The number of amides is 3. The average molecular weight is 171 g/mol. The van der Waals surface area contributed by atoms with E-state index in [-0.39, 0.29) is 5.91 Å². The first-order valence-corrected chi connectivity index (χ1v) is 3.46. The van der Waals surface area contributed by atoms with Crippen molar-refractivity contribution in [2.24, 2.45) is 5.73 Å². The topological polar surface area (TPSA) is 75.4 Å². The highest BCUT2D eigenvalue weighted by Gasteiger charge is 2.08. The highest BCUT2D eigenvalue weighted by atomic mass is 16.2. The number of hydrogen-bond donors (Lipinski definition) is 2. The van der Waals surface area contributed by atoms with Gasteiger partial charge in [0.05, 0.1) is 0 Å². The van der Waals surface area contributed by atoms with Crippen molar-refractivity contribution in [2.75, 3.05) is 7.05 Å². The third-order valence-electron chi connectivity index (χ3n) is 1.39. The van der Waals surface area contributed by atoms with Gasteiger partial charge in [-0.25, -0.2) is 9.80 Å². The minimum absolute atomic E-state index is 0.334. The quantitative estimate of drug-likeness (QED) is 0.430. The van der Waals surface area contributed by atoms with Crippen LogP contribution in [0.5, 0.6) is 0 Å². The molecule has 0 fully saturated rings. The fourth-order valence-electron chi connectivity index (χ4n) is 0.427. The first kappa shape index (κ1) is 10.5. The second-order valence-corrected chi connectivity index (χ2v) is 2.31. The maximum atomic E-state index is 11.1. The van der Waals surface area contributed by atoms with Gasteiger partial charge in [0.25, 0.3) is 5.91 Å². The summed E-state index contributed by atoms with van der Waals surface area (Å²) >= 11 is 0. The molecule has 12 heavy (non-hydrogen) atoms.